The van der Waals surface area contributed by atoms with E-state index in [0.717, 1.165) is 37.8 Å². The smallest absolute Gasteiger partial charge is 0.491 e. The lowest BCUT2D eigenvalue weighted by molar-refractivity contribution is 0.184. The van der Waals surface area contributed by atoms with E-state index < -0.39 is 12.4 Å². The summed E-state index contributed by atoms with van der Waals surface area (Å²) in [5.74, 6) is 0.346. The zero-order valence-electron chi connectivity index (χ0n) is 10.2. The Morgan fingerprint density at radius 3 is 2.28 bits per heavy atom. The molecule has 0 heterocycles. The zero-order valence-corrected chi connectivity index (χ0v) is 10.2. The van der Waals surface area contributed by atoms with Crippen LogP contribution in [0.4, 0.5) is 12.9 Å². The predicted molar refractivity (Wildman–Crippen MR) is 67.3 cm³/mol. The molecule has 0 unspecified atom stereocenters. The van der Waals surface area contributed by atoms with Crippen LogP contribution in [0.1, 0.15) is 38.5 Å². The number of hydrogen-bond acceptors (Lipinski definition) is 1. The Kier molecular flexibility index (Phi) is 4.20. The summed E-state index contributed by atoms with van der Waals surface area (Å²) in [6, 6.07) is 5.23. The summed E-state index contributed by atoms with van der Waals surface area (Å²) in [7, 11) is 0. The molecule has 1 nitrogen and oxygen atoms in total. The molecule has 1 aromatic carbocycles. The van der Waals surface area contributed by atoms with E-state index in [9.17, 15) is 12.9 Å². The normalized spacial score (nSPS) is 18.4. The number of halogens is 3. The highest BCUT2D eigenvalue weighted by Gasteiger charge is 2.26. The average molecular weight is 257 g/mol. The fourth-order valence-electron chi connectivity index (χ4n) is 2.34. The minimum absolute atomic E-state index is 0.0727. The summed E-state index contributed by atoms with van der Waals surface area (Å²) < 4.78 is 43.5. The SMILES string of the molecule is F[B-](F)(F)c1cccc(OC2CCCCCC2)c1. The molecule has 0 bridgehead atoms. The molecule has 5 heteroatoms. The van der Waals surface area contributed by atoms with Gasteiger partial charge in [-0.1, -0.05) is 25.0 Å². The van der Waals surface area contributed by atoms with Gasteiger partial charge >= 0.3 is 6.98 Å². The van der Waals surface area contributed by atoms with Gasteiger partial charge in [-0.25, -0.2) is 0 Å². The minimum atomic E-state index is -4.94. The van der Waals surface area contributed by atoms with E-state index >= 15 is 0 Å². The van der Waals surface area contributed by atoms with Crippen molar-refractivity contribution < 1.29 is 17.7 Å². The first-order valence-corrected chi connectivity index (χ1v) is 6.52. The van der Waals surface area contributed by atoms with Crippen molar-refractivity contribution in [3.05, 3.63) is 24.3 Å². The van der Waals surface area contributed by atoms with Gasteiger partial charge in [-0.05, 0) is 37.8 Å². The molecular formula is C13H17BF3O-. The van der Waals surface area contributed by atoms with Crippen LogP contribution < -0.4 is 10.2 Å². The van der Waals surface area contributed by atoms with Crippen LogP contribution in [0.15, 0.2) is 24.3 Å². The van der Waals surface area contributed by atoms with Crippen LogP contribution in [-0.4, -0.2) is 13.1 Å². The van der Waals surface area contributed by atoms with Gasteiger partial charge in [0.2, 0.25) is 0 Å². The van der Waals surface area contributed by atoms with Crippen LogP contribution >= 0.6 is 0 Å². The minimum Gasteiger partial charge on any atom is -0.491 e. The second-order valence-corrected chi connectivity index (χ2v) is 4.88. The zero-order chi connectivity index (χ0) is 13.0. The van der Waals surface area contributed by atoms with E-state index in [1.165, 1.54) is 18.9 Å². The first-order valence-electron chi connectivity index (χ1n) is 6.52. The molecule has 1 aromatic rings. The van der Waals surface area contributed by atoms with E-state index in [4.69, 9.17) is 4.74 Å². The van der Waals surface area contributed by atoms with Gasteiger partial charge in [-0.15, -0.1) is 5.46 Å². The van der Waals surface area contributed by atoms with Crippen LogP contribution in [0.3, 0.4) is 0 Å². The Morgan fingerprint density at radius 1 is 1.00 bits per heavy atom. The molecule has 2 rings (SSSR count). The molecule has 0 radical (unpaired) electrons. The molecule has 0 N–H and O–H groups in total. The maximum absolute atomic E-state index is 12.6. The van der Waals surface area contributed by atoms with Gasteiger partial charge in [0.1, 0.15) is 5.75 Å². The summed E-state index contributed by atoms with van der Waals surface area (Å²) in [5, 5.41) is 0. The van der Waals surface area contributed by atoms with Crippen LogP contribution in [0.5, 0.6) is 5.75 Å². The highest BCUT2D eigenvalue weighted by molar-refractivity contribution is 6.73. The van der Waals surface area contributed by atoms with Crippen LogP contribution in [0.2, 0.25) is 0 Å². The van der Waals surface area contributed by atoms with E-state index in [1.54, 1.807) is 6.07 Å². The summed E-state index contributed by atoms with van der Waals surface area (Å²) >= 11 is 0. The Balaban J connectivity index is 2.04. The quantitative estimate of drug-likeness (QED) is 0.590. The second kappa shape index (κ2) is 5.68. The fourth-order valence-corrected chi connectivity index (χ4v) is 2.34. The number of rotatable bonds is 3. The summed E-state index contributed by atoms with van der Waals surface area (Å²) in [4.78, 5) is 0. The standard InChI is InChI=1S/C13H17BF3O/c15-14(16,17)11-6-5-9-13(10-11)18-12-7-3-1-2-4-8-12/h5-6,9-10,12H,1-4,7-8H2/q-1. The van der Waals surface area contributed by atoms with Crippen molar-refractivity contribution in [3.8, 4) is 5.75 Å². The van der Waals surface area contributed by atoms with Crippen LogP contribution in [0, 0.1) is 0 Å². The summed E-state index contributed by atoms with van der Waals surface area (Å²) in [6.07, 6.45) is 6.57. The van der Waals surface area contributed by atoms with Crippen LogP contribution in [0.25, 0.3) is 0 Å². The first-order chi connectivity index (χ1) is 8.55. The molecule has 1 aliphatic rings. The van der Waals surface area contributed by atoms with Crippen molar-refractivity contribution >= 4 is 12.4 Å². The monoisotopic (exact) mass is 257 g/mol. The Bertz CT molecular complexity index is 384. The third-order valence-electron chi connectivity index (χ3n) is 3.34. The lowest BCUT2D eigenvalue weighted by Crippen LogP contribution is -2.34. The van der Waals surface area contributed by atoms with E-state index in [0.29, 0.717) is 5.75 Å². The molecule has 1 fully saturated rings. The highest BCUT2D eigenvalue weighted by atomic mass is 19.4. The molecule has 18 heavy (non-hydrogen) atoms. The molecule has 0 amide bonds. The number of benzene rings is 1. The maximum atomic E-state index is 12.6. The topological polar surface area (TPSA) is 9.23 Å². The van der Waals surface area contributed by atoms with Crippen molar-refractivity contribution in [2.75, 3.05) is 0 Å². The third kappa shape index (κ3) is 3.69. The molecule has 0 spiro atoms. The lowest BCUT2D eigenvalue weighted by Gasteiger charge is -2.20. The third-order valence-corrected chi connectivity index (χ3v) is 3.34. The van der Waals surface area contributed by atoms with Gasteiger partial charge in [-0.2, -0.15) is 0 Å². The fraction of sp³-hybridized carbons (Fsp3) is 0.538. The molecule has 1 saturated carbocycles. The van der Waals surface area contributed by atoms with Gasteiger partial charge in [-0.3, -0.25) is 0 Å². The molecular weight excluding hydrogens is 240 g/mol. The molecule has 0 saturated heterocycles. The highest BCUT2D eigenvalue weighted by Crippen LogP contribution is 2.23. The van der Waals surface area contributed by atoms with Gasteiger partial charge in [0.25, 0.3) is 0 Å². The van der Waals surface area contributed by atoms with Crippen molar-refractivity contribution in [1.29, 1.82) is 0 Å². The van der Waals surface area contributed by atoms with Crippen LogP contribution in [-0.2, 0) is 0 Å². The van der Waals surface area contributed by atoms with Gasteiger partial charge < -0.3 is 17.7 Å². The Morgan fingerprint density at radius 2 is 1.67 bits per heavy atom. The molecule has 1 aliphatic carbocycles. The van der Waals surface area contributed by atoms with Crippen molar-refractivity contribution in [3.63, 3.8) is 0 Å². The number of ether oxygens (including phenoxy) is 1. The molecule has 0 aliphatic heterocycles. The van der Waals surface area contributed by atoms with Crippen molar-refractivity contribution in [2.24, 2.45) is 0 Å². The van der Waals surface area contributed by atoms with Crippen molar-refractivity contribution in [1.82, 2.24) is 0 Å². The predicted octanol–water partition coefficient (Wildman–Crippen LogP) is 3.84. The number of hydrogen-bond donors (Lipinski definition) is 0. The molecule has 100 valence electrons. The largest absolute Gasteiger partial charge is 0.509 e. The second-order valence-electron chi connectivity index (χ2n) is 4.88. The van der Waals surface area contributed by atoms with E-state index in [2.05, 4.69) is 0 Å². The Labute approximate surface area is 105 Å². The average Bonchev–Trinajstić information content (AvgIpc) is 2.57. The van der Waals surface area contributed by atoms with Gasteiger partial charge in [0.05, 0.1) is 6.10 Å². The first kappa shape index (κ1) is 13.3. The lowest BCUT2D eigenvalue weighted by atomic mass is 9.80. The van der Waals surface area contributed by atoms with Crippen molar-refractivity contribution in [2.45, 2.75) is 44.6 Å². The van der Waals surface area contributed by atoms with Gasteiger partial charge in [0.15, 0.2) is 0 Å². The summed E-state index contributed by atoms with van der Waals surface area (Å²) in [6.45, 7) is -4.94. The van der Waals surface area contributed by atoms with E-state index in [1.807, 2.05) is 0 Å². The molecule has 0 atom stereocenters. The van der Waals surface area contributed by atoms with E-state index in [-0.39, 0.29) is 6.10 Å². The van der Waals surface area contributed by atoms with Gasteiger partial charge in [0, 0.05) is 0 Å². The maximum Gasteiger partial charge on any atom is 0.509 e. The Hall–Kier alpha value is -1.13. The summed E-state index contributed by atoms with van der Waals surface area (Å²) in [5.41, 5.74) is -0.582. The molecule has 0 aromatic heterocycles.